The molecule has 13 heteroatoms. The highest BCUT2D eigenvalue weighted by Gasteiger charge is 2.29. The Balaban J connectivity index is 1.40. The van der Waals surface area contributed by atoms with Gasteiger partial charge in [0.1, 0.15) is 6.20 Å². The molecule has 0 spiro atoms. The van der Waals surface area contributed by atoms with Crippen molar-refractivity contribution in [2.45, 2.75) is 17.9 Å². The first kappa shape index (κ1) is 23.5. The normalized spacial score (nSPS) is 13.6. The number of sulfonamides is 1. The molecule has 0 radical (unpaired) electrons. The molecule has 4 rings (SSSR count). The van der Waals surface area contributed by atoms with Gasteiger partial charge in [-0.25, -0.2) is 18.2 Å². The van der Waals surface area contributed by atoms with Crippen molar-refractivity contribution in [2.24, 2.45) is 0 Å². The number of carbonyl (C=O) groups is 2. The lowest BCUT2D eigenvalue weighted by molar-refractivity contribution is -0.380. The molecule has 0 aliphatic carbocycles. The summed E-state index contributed by atoms with van der Waals surface area (Å²) in [7, 11) is -3.85. The zero-order valence-electron chi connectivity index (χ0n) is 17.5. The highest BCUT2D eigenvalue weighted by molar-refractivity contribution is 7.89. The lowest BCUT2D eigenvalue weighted by Crippen LogP contribution is -2.36. The number of hydrogen-bond acceptors (Lipinski definition) is 9. The van der Waals surface area contributed by atoms with Crippen molar-refractivity contribution in [3.8, 4) is 0 Å². The van der Waals surface area contributed by atoms with Gasteiger partial charge in [-0.1, -0.05) is 30.3 Å². The molecule has 0 saturated heterocycles. The van der Waals surface area contributed by atoms with Crippen LogP contribution in [0.1, 0.15) is 21.5 Å². The summed E-state index contributed by atoms with van der Waals surface area (Å²) in [5.74, 6) is -1.63. The van der Waals surface area contributed by atoms with Crippen molar-refractivity contribution in [1.29, 1.82) is 0 Å². The Morgan fingerprint density at radius 2 is 1.94 bits per heavy atom. The number of nitrogens with one attached hydrogen (secondary N) is 1. The first-order valence-corrected chi connectivity index (χ1v) is 12.2. The Hall–Kier alpha value is -3.68. The van der Waals surface area contributed by atoms with Crippen LogP contribution in [0.2, 0.25) is 0 Å². The maximum atomic E-state index is 13.1. The number of benzene rings is 2. The predicted octanol–water partition coefficient (Wildman–Crippen LogP) is 2.59. The Bertz CT molecular complexity index is 1370. The minimum Gasteiger partial charge on any atom is -0.452 e. The van der Waals surface area contributed by atoms with E-state index >= 15 is 0 Å². The summed E-state index contributed by atoms with van der Waals surface area (Å²) in [6, 6.07) is 13.1. The Labute approximate surface area is 198 Å². The van der Waals surface area contributed by atoms with Crippen LogP contribution in [0.4, 0.5) is 10.1 Å². The number of carbonyl (C=O) groups excluding carboxylic acids is 2. The minimum atomic E-state index is -3.85. The van der Waals surface area contributed by atoms with Crippen molar-refractivity contribution in [2.75, 3.05) is 18.5 Å². The standard InChI is InChI=1S/C21H18N4O7S2/c26-18(23-21-22-11-19(33-21)25(28)29)13-32-20(27)15-6-3-7-17(10-15)34(30,31)24-9-8-14-4-1-2-5-16(14)12-24/h1-7,10-11H,8-9,12-13H2,(H,22,23,26). The van der Waals surface area contributed by atoms with Crippen molar-refractivity contribution in [3.05, 3.63) is 81.5 Å². The van der Waals surface area contributed by atoms with Crippen LogP contribution in [0.3, 0.4) is 0 Å². The maximum absolute atomic E-state index is 13.1. The molecule has 1 N–H and O–H groups in total. The molecule has 1 aromatic heterocycles. The van der Waals surface area contributed by atoms with E-state index in [9.17, 15) is 28.1 Å². The van der Waals surface area contributed by atoms with Crippen molar-refractivity contribution >= 4 is 43.4 Å². The monoisotopic (exact) mass is 502 g/mol. The molecule has 2 aromatic carbocycles. The zero-order chi connectivity index (χ0) is 24.3. The maximum Gasteiger partial charge on any atom is 0.345 e. The SMILES string of the molecule is O=C(COC(=O)c1cccc(S(=O)(=O)N2CCc3ccccc3C2)c1)Nc1ncc([N+](=O)[O-])s1. The van der Waals surface area contributed by atoms with E-state index in [1.165, 1.54) is 28.6 Å². The number of amides is 1. The van der Waals surface area contributed by atoms with Crippen LogP contribution in [-0.2, 0) is 32.5 Å². The molecule has 0 saturated carbocycles. The van der Waals surface area contributed by atoms with Crippen LogP contribution in [0, 0.1) is 10.1 Å². The summed E-state index contributed by atoms with van der Waals surface area (Å²) in [4.78, 5) is 38.0. The van der Waals surface area contributed by atoms with Gasteiger partial charge in [0.2, 0.25) is 10.0 Å². The molecule has 176 valence electrons. The largest absolute Gasteiger partial charge is 0.452 e. The van der Waals surface area contributed by atoms with Gasteiger partial charge in [0.05, 0.1) is 15.4 Å². The van der Waals surface area contributed by atoms with Crippen LogP contribution in [0.25, 0.3) is 0 Å². The van der Waals surface area contributed by atoms with E-state index < -0.39 is 33.4 Å². The molecule has 1 aliphatic rings. The summed E-state index contributed by atoms with van der Waals surface area (Å²) < 4.78 is 32.6. The van der Waals surface area contributed by atoms with Crippen molar-refractivity contribution in [3.63, 3.8) is 0 Å². The van der Waals surface area contributed by atoms with E-state index in [4.69, 9.17) is 4.74 Å². The van der Waals surface area contributed by atoms with Crippen LogP contribution in [0.15, 0.2) is 59.6 Å². The molecule has 3 aromatic rings. The summed E-state index contributed by atoms with van der Waals surface area (Å²) in [5, 5.41) is 12.7. The number of nitro groups is 1. The second kappa shape index (κ2) is 9.67. The smallest absolute Gasteiger partial charge is 0.345 e. The molecule has 1 aliphatic heterocycles. The molecular weight excluding hydrogens is 484 g/mol. The Morgan fingerprint density at radius 1 is 1.18 bits per heavy atom. The summed E-state index contributed by atoms with van der Waals surface area (Å²) in [6.45, 7) is -0.114. The quantitative estimate of drug-likeness (QED) is 0.294. The van der Waals surface area contributed by atoms with Gasteiger partial charge in [0.15, 0.2) is 11.7 Å². The van der Waals surface area contributed by atoms with Crippen LogP contribution < -0.4 is 5.32 Å². The van der Waals surface area contributed by atoms with Crippen molar-refractivity contribution < 1.29 is 27.7 Å². The zero-order valence-corrected chi connectivity index (χ0v) is 19.2. The molecule has 0 fully saturated rings. The Morgan fingerprint density at radius 3 is 2.68 bits per heavy atom. The number of aromatic nitrogens is 1. The van der Waals surface area contributed by atoms with Gasteiger partial charge in [0.25, 0.3) is 5.91 Å². The van der Waals surface area contributed by atoms with E-state index in [1.54, 1.807) is 0 Å². The predicted molar refractivity (Wildman–Crippen MR) is 122 cm³/mol. The van der Waals surface area contributed by atoms with E-state index in [2.05, 4.69) is 10.3 Å². The highest BCUT2D eigenvalue weighted by atomic mass is 32.2. The van der Waals surface area contributed by atoms with E-state index in [0.717, 1.165) is 17.3 Å². The van der Waals surface area contributed by atoms with Gasteiger partial charge < -0.3 is 4.74 Å². The fraction of sp³-hybridized carbons (Fsp3) is 0.190. The van der Waals surface area contributed by atoms with Crippen LogP contribution in [0.5, 0.6) is 0 Å². The number of rotatable bonds is 7. The van der Waals surface area contributed by atoms with Crippen molar-refractivity contribution in [1.82, 2.24) is 9.29 Å². The molecule has 1 amide bonds. The molecule has 0 bridgehead atoms. The lowest BCUT2D eigenvalue weighted by Gasteiger charge is -2.28. The molecular formula is C21H18N4O7S2. The summed E-state index contributed by atoms with van der Waals surface area (Å²) >= 11 is 0.660. The average molecular weight is 503 g/mol. The first-order valence-electron chi connectivity index (χ1n) is 9.98. The fourth-order valence-electron chi connectivity index (χ4n) is 3.39. The summed E-state index contributed by atoms with van der Waals surface area (Å²) in [5.41, 5.74) is 2.01. The van der Waals surface area contributed by atoms with Gasteiger partial charge in [-0.05, 0) is 47.1 Å². The van der Waals surface area contributed by atoms with Gasteiger partial charge in [-0.2, -0.15) is 4.31 Å². The molecule has 34 heavy (non-hydrogen) atoms. The topological polar surface area (TPSA) is 149 Å². The van der Waals surface area contributed by atoms with Gasteiger partial charge in [-0.15, -0.1) is 0 Å². The average Bonchev–Trinajstić information content (AvgIpc) is 3.31. The number of nitrogens with zero attached hydrogens (tertiary/aromatic N) is 3. The molecule has 11 nitrogen and oxygen atoms in total. The third-order valence-corrected chi connectivity index (χ3v) is 7.76. The van der Waals surface area contributed by atoms with Gasteiger partial charge in [-0.3, -0.25) is 20.2 Å². The third kappa shape index (κ3) is 5.11. The number of anilines is 1. The van der Waals surface area contributed by atoms with E-state index in [-0.39, 0.29) is 27.1 Å². The second-order valence-electron chi connectivity index (χ2n) is 7.27. The minimum absolute atomic E-state index is 0.0102. The molecule has 0 unspecified atom stereocenters. The first-order chi connectivity index (χ1) is 16.2. The summed E-state index contributed by atoms with van der Waals surface area (Å²) in [6.07, 6.45) is 1.59. The number of hydrogen-bond donors (Lipinski definition) is 1. The number of ether oxygens (including phenoxy) is 1. The second-order valence-corrected chi connectivity index (χ2v) is 10.2. The Kier molecular flexibility index (Phi) is 6.68. The highest BCUT2D eigenvalue weighted by Crippen LogP contribution is 2.26. The number of thiazole rings is 1. The molecule has 0 atom stereocenters. The van der Waals surface area contributed by atoms with E-state index in [1.807, 2.05) is 24.3 Å². The number of esters is 1. The molecule has 2 heterocycles. The third-order valence-electron chi connectivity index (χ3n) is 5.06. The lowest BCUT2D eigenvalue weighted by atomic mass is 10.0. The number of fused-ring (bicyclic) bond motifs is 1. The van der Waals surface area contributed by atoms with E-state index in [0.29, 0.717) is 24.3 Å². The van der Waals surface area contributed by atoms with Crippen LogP contribution >= 0.6 is 11.3 Å². The van der Waals surface area contributed by atoms with Gasteiger partial charge in [0, 0.05) is 13.1 Å². The van der Waals surface area contributed by atoms with Gasteiger partial charge >= 0.3 is 11.0 Å². The van der Waals surface area contributed by atoms with Crippen LogP contribution in [-0.4, -0.2) is 47.7 Å². The fourth-order valence-corrected chi connectivity index (χ4v) is 5.50.